The summed E-state index contributed by atoms with van der Waals surface area (Å²) in [6.07, 6.45) is 1.72. The Balaban J connectivity index is 1.89. The van der Waals surface area contributed by atoms with Gasteiger partial charge in [0.1, 0.15) is 5.76 Å². The van der Waals surface area contributed by atoms with Crippen molar-refractivity contribution in [3.8, 4) is 0 Å². The molecule has 0 spiro atoms. The predicted molar refractivity (Wildman–Crippen MR) is 82.7 cm³/mol. The Kier molecular flexibility index (Phi) is 5.39. The average molecular weight is 272 g/mol. The normalized spacial score (nSPS) is 12.8. The van der Waals surface area contributed by atoms with E-state index < -0.39 is 0 Å². The monoisotopic (exact) mass is 272 g/mol. The molecule has 108 valence electrons. The van der Waals surface area contributed by atoms with Crippen molar-refractivity contribution < 1.29 is 4.42 Å². The van der Waals surface area contributed by atoms with Crippen molar-refractivity contribution in [1.29, 1.82) is 0 Å². The largest absolute Gasteiger partial charge is 0.468 e. The molecule has 0 saturated carbocycles. The molecule has 20 heavy (non-hydrogen) atoms. The van der Waals surface area contributed by atoms with Crippen molar-refractivity contribution in [3.63, 3.8) is 0 Å². The van der Waals surface area contributed by atoms with Crippen LogP contribution in [0.3, 0.4) is 0 Å². The zero-order valence-corrected chi connectivity index (χ0v) is 12.6. The maximum Gasteiger partial charge on any atom is 0.117 e. The molecule has 0 radical (unpaired) electrons. The topological polar surface area (TPSA) is 28.4 Å². The van der Waals surface area contributed by atoms with Gasteiger partial charge in [-0.2, -0.15) is 0 Å². The molecule has 1 heterocycles. The van der Waals surface area contributed by atoms with Crippen LogP contribution in [-0.4, -0.2) is 25.5 Å². The highest BCUT2D eigenvalue weighted by Crippen LogP contribution is 2.16. The summed E-state index contributed by atoms with van der Waals surface area (Å²) >= 11 is 0. The number of hydrogen-bond acceptors (Lipinski definition) is 3. The molecule has 0 saturated heterocycles. The van der Waals surface area contributed by atoms with Gasteiger partial charge < -0.3 is 9.73 Å². The van der Waals surface area contributed by atoms with Gasteiger partial charge in [0.2, 0.25) is 0 Å². The van der Waals surface area contributed by atoms with Crippen molar-refractivity contribution in [1.82, 2.24) is 10.2 Å². The van der Waals surface area contributed by atoms with Crippen LogP contribution in [0.15, 0.2) is 47.1 Å². The number of likely N-dealkylation sites (N-methyl/N-ethyl adjacent to an activating group) is 1. The van der Waals surface area contributed by atoms with Crippen LogP contribution in [0.4, 0.5) is 0 Å². The van der Waals surface area contributed by atoms with Crippen LogP contribution in [0.1, 0.15) is 29.7 Å². The molecule has 1 N–H and O–H groups in total. The second-order valence-electron chi connectivity index (χ2n) is 5.45. The van der Waals surface area contributed by atoms with Crippen LogP contribution in [-0.2, 0) is 13.1 Å². The van der Waals surface area contributed by atoms with Gasteiger partial charge in [-0.1, -0.05) is 31.2 Å². The fourth-order valence-electron chi connectivity index (χ4n) is 2.41. The molecule has 0 aliphatic heterocycles. The lowest BCUT2D eigenvalue weighted by Gasteiger charge is -2.16. The van der Waals surface area contributed by atoms with Crippen LogP contribution < -0.4 is 5.32 Å². The summed E-state index contributed by atoms with van der Waals surface area (Å²) in [5.41, 5.74) is 2.72. The van der Waals surface area contributed by atoms with E-state index in [4.69, 9.17) is 4.42 Å². The highest BCUT2D eigenvalue weighted by molar-refractivity contribution is 5.25. The highest BCUT2D eigenvalue weighted by Gasteiger charge is 2.06. The fourth-order valence-corrected chi connectivity index (χ4v) is 2.41. The van der Waals surface area contributed by atoms with E-state index in [-0.39, 0.29) is 0 Å². The van der Waals surface area contributed by atoms with Gasteiger partial charge in [0.05, 0.1) is 12.8 Å². The SMILES string of the molecule is CNCC(C)c1ccc(CN(C)Cc2ccco2)cc1. The van der Waals surface area contributed by atoms with Crippen molar-refractivity contribution >= 4 is 0 Å². The molecule has 0 fully saturated rings. The van der Waals surface area contributed by atoms with Crippen LogP contribution in [0.5, 0.6) is 0 Å². The molecule has 0 aliphatic carbocycles. The van der Waals surface area contributed by atoms with E-state index in [2.05, 4.69) is 48.5 Å². The summed E-state index contributed by atoms with van der Waals surface area (Å²) in [6, 6.07) is 12.9. The van der Waals surface area contributed by atoms with Gasteiger partial charge in [-0.25, -0.2) is 0 Å². The molecule has 2 rings (SSSR count). The minimum Gasteiger partial charge on any atom is -0.468 e. The average Bonchev–Trinajstić information content (AvgIpc) is 2.92. The summed E-state index contributed by atoms with van der Waals surface area (Å²) in [7, 11) is 4.11. The molecule has 3 nitrogen and oxygen atoms in total. The molecular formula is C17H24N2O. The van der Waals surface area contributed by atoms with Gasteiger partial charge in [0.15, 0.2) is 0 Å². The van der Waals surface area contributed by atoms with E-state index in [1.165, 1.54) is 11.1 Å². The third kappa shape index (κ3) is 4.22. The number of benzene rings is 1. The van der Waals surface area contributed by atoms with Gasteiger partial charge in [-0.15, -0.1) is 0 Å². The van der Waals surface area contributed by atoms with E-state index in [1.807, 2.05) is 19.2 Å². The number of nitrogens with zero attached hydrogens (tertiary/aromatic N) is 1. The quantitative estimate of drug-likeness (QED) is 0.839. The summed E-state index contributed by atoms with van der Waals surface area (Å²) < 4.78 is 5.37. The van der Waals surface area contributed by atoms with Crippen LogP contribution in [0.2, 0.25) is 0 Å². The lowest BCUT2D eigenvalue weighted by molar-refractivity contribution is 0.288. The molecule has 0 amide bonds. The maximum absolute atomic E-state index is 5.37. The Bertz CT molecular complexity index is 490. The molecular weight excluding hydrogens is 248 g/mol. The van der Waals surface area contributed by atoms with Gasteiger partial charge in [-0.3, -0.25) is 4.90 Å². The maximum atomic E-state index is 5.37. The molecule has 0 bridgehead atoms. The third-order valence-electron chi connectivity index (χ3n) is 3.52. The summed E-state index contributed by atoms with van der Waals surface area (Å²) in [6.45, 7) is 5.03. The molecule has 1 unspecified atom stereocenters. The van der Waals surface area contributed by atoms with E-state index in [0.717, 1.165) is 25.4 Å². The predicted octanol–water partition coefficient (Wildman–Crippen LogP) is 3.23. The van der Waals surface area contributed by atoms with Gasteiger partial charge in [0, 0.05) is 13.1 Å². The van der Waals surface area contributed by atoms with E-state index in [9.17, 15) is 0 Å². The Morgan fingerprint density at radius 1 is 1.15 bits per heavy atom. The lowest BCUT2D eigenvalue weighted by atomic mass is 10.00. The molecule has 1 atom stereocenters. The third-order valence-corrected chi connectivity index (χ3v) is 3.52. The fraction of sp³-hybridized carbons (Fsp3) is 0.412. The first-order valence-electron chi connectivity index (χ1n) is 7.13. The second kappa shape index (κ2) is 7.27. The van der Waals surface area contributed by atoms with Crippen LogP contribution in [0, 0.1) is 0 Å². The Labute approximate surface area is 121 Å². The summed E-state index contributed by atoms with van der Waals surface area (Å²) in [5, 5.41) is 3.22. The number of furan rings is 1. The van der Waals surface area contributed by atoms with Crippen LogP contribution >= 0.6 is 0 Å². The Morgan fingerprint density at radius 2 is 1.90 bits per heavy atom. The summed E-state index contributed by atoms with van der Waals surface area (Å²) in [5.74, 6) is 1.56. The molecule has 3 heteroatoms. The molecule has 2 aromatic rings. The van der Waals surface area contributed by atoms with E-state index in [1.54, 1.807) is 6.26 Å². The minimum atomic E-state index is 0.551. The number of hydrogen-bond donors (Lipinski definition) is 1. The van der Waals surface area contributed by atoms with Gasteiger partial charge >= 0.3 is 0 Å². The zero-order chi connectivity index (χ0) is 14.4. The van der Waals surface area contributed by atoms with Crippen molar-refractivity contribution in [2.75, 3.05) is 20.6 Å². The minimum absolute atomic E-state index is 0.551. The summed E-state index contributed by atoms with van der Waals surface area (Å²) in [4.78, 5) is 2.25. The first-order chi connectivity index (χ1) is 9.69. The first kappa shape index (κ1) is 14.8. The molecule has 1 aromatic heterocycles. The molecule has 0 aliphatic rings. The van der Waals surface area contributed by atoms with E-state index >= 15 is 0 Å². The van der Waals surface area contributed by atoms with Crippen molar-refractivity contribution in [3.05, 3.63) is 59.5 Å². The van der Waals surface area contributed by atoms with Crippen molar-refractivity contribution in [2.24, 2.45) is 0 Å². The Hall–Kier alpha value is -1.58. The first-order valence-corrected chi connectivity index (χ1v) is 7.13. The smallest absolute Gasteiger partial charge is 0.117 e. The Morgan fingerprint density at radius 3 is 2.50 bits per heavy atom. The standard InChI is InChI=1S/C17H24N2O/c1-14(11-18-2)16-8-6-15(7-9-16)12-19(3)13-17-5-4-10-20-17/h4-10,14,18H,11-13H2,1-3H3. The zero-order valence-electron chi connectivity index (χ0n) is 12.6. The lowest BCUT2D eigenvalue weighted by Crippen LogP contribution is -2.17. The van der Waals surface area contributed by atoms with E-state index in [0.29, 0.717) is 5.92 Å². The molecule has 1 aromatic carbocycles. The second-order valence-corrected chi connectivity index (χ2v) is 5.45. The number of rotatable bonds is 7. The highest BCUT2D eigenvalue weighted by atomic mass is 16.3. The van der Waals surface area contributed by atoms with Gasteiger partial charge in [0.25, 0.3) is 0 Å². The van der Waals surface area contributed by atoms with Crippen molar-refractivity contribution in [2.45, 2.75) is 25.9 Å². The van der Waals surface area contributed by atoms with Crippen LogP contribution in [0.25, 0.3) is 0 Å². The number of nitrogens with one attached hydrogen (secondary N) is 1. The van der Waals surface area contributed by atoms with Gasteiger partial charge in [-0.05, 0) is 43.3 Å².